The molecule has 1 heterocycles. The van der Waals surface area contributed by atoms with E-state index in [1.54, 1.807) is 37.3 Å². The standard InChI is InChI=1S/C22H25BrN2O4/c1-14-4-5-17(12-20(14)23)24-21(26)15-6-8-25(9-7-15)22(27)16-10-18(28-2)13-19(11-16)29-3/h4-5,10-13,15H,6-9H2,1-3H3,(H,24,26). The van der Waals surface area contributed by atoms with Gasteiger partial charge in [0.05, 0.1) is 14.2 Å². The fourth-order valence-corrected chi connectivity index (χ4v) is 3.75. The van der Waals surface area contributed by atoms with Gasteiger partial charge in [-0.2, -0.15) is 0 Å². The maximum atomic E-state index is 12.9. The van der Waals surface area contributed by atoms with Crippen molar-refractivity contribution < 1.29 is 19.1 Å². The molecule has 1 fully saturated rings. The third-order valence-corrected chi connectivity index (χ3v) is 6.05. The monoisotopic (exact) mass is 460 g/mol. The van der Waals surface area contributed by atoms with E-state index in [9.17, 15) is 9.59 Å². The van der Waals surface area contributed by atoms with Crippen LogP contribution in [0.5, 0.6) is 11.5 Å². The summed E-state index contributed by atoms with van der Waals surface area (Å²) < 4.78 is 11.5. The second-order valence-corrected chi connectivity index (χ2v) is 7.98. The Kier molecular flexibility index (Phi) is 6.79. The zero-order valence-electron chi connectivity index (χ0n) is 16.8. The highest BCUT2D eigenvalue weighted by Gasteiger charge is 2.28. The Morgan fingerprint density at radius 1 is 1.03 bits per heavy atom. The average molecular weight is 461 g/mol. The summed E-state index contributed by atoms with van der Waals surface area (Å²) in [6.07, 6.45) is 1.26. The number of nitrogens with zero attached hydrogens (tertiary/aromatic N) is 1. The molecule has 1 N–H and O–H groups in total. The largest absolute Gasteiger partial charge is 0.497 e. The summed E-state index contributed by atoms with van der Waals surface area (Å²) in [5.41, 5.74) is 2.41. The van der Waals surface area contributed by atoms with Crippen molar-refractivity contribution in [3.8, 4) is 11.5 Å². The van der Waals surface area contributed by atoms with Crippen LogP contribution in [-0.2, 0) is 4.79 Å². The molecular formula is C22H25BrN2O4. The van der Waals surface area contributed by atoms with Crippen LogP contribution in [0, 0.1) is 12.8 Å². The summed E-state index contributed by atoms with van der Waals surface area (Å²) in [5, 5.41) is 2.98. The Bertz CT molecular complexity index is 885. The Labute approximate surface area is 179 Å². The Hall–Kier alpha value is -2.54. The van der Waals surface area contributed by atoms with Gasteiger partial charge in [0, 0.05) is 40.8 Å². The first-order valence-corrected chi connectivity index (χ1v) is 10.3. The molecule has 0 aromatic heterocycles. The Morgan fingerprint density at radius 2 is 1.66 bits per heavy atom. The van der Waals surface area contributed by atoms with Gasteiger partial charge in [-0.15, -0.1) is 0 Å². The fraction of sp³-hybridized carbons (Fsp3) is 0.364. The summed E-state index contributed by atoms with van der Waals surface area (Å²) in [5.74, 6) is 0.954. The normalized spacial score (nSPS) is 14.4. The third kappa shape index (κ3) is 5.09. The Balaban J connectivity index is 1.60. The molecule has 0 aliphatic carbocycles. The topological polar surface area (TPSA) is 67.9 Å². The van der Waals surface area contributed by atoms with Gasteiger partial charge in [-0.25, -0.2) is 0 Å². The molecule has 2 amide bonds. The number of halogens is 1. The lowest BCUT2D eigenvalue weighted by atomic mass is 9.95. The van der Waals surface area contributed by atoms with Gasteiger partial charge in [-0.05, 0) is 49.6 Å². The summed E-state index contributed by atoms with van der Waals surface area (Å²) >= 11 is 3.49. The molecule has 29 heavy (non-hydrogen) atoms. The van der Waals surface area contributed by atoms with Crippen LogP contribution >= 0.6 is 15.9 Å². The molecule has 1 saturated heterocycles. The molecule has 0 bridgehead atoms. The van der Waals surface area contributed by atoms with Crippen LogP contribution in [-0.4, -0.2) is 44.0 Å². The molecule has 0 saturated carbocycles. The smallest absolute Gasteiger partial charge is 0.254 e. The molecule has 1 aliphatic heterocycles. The van der Waals surface area contributed by atoms with Crippen molar-refractivity contribution >= 4 is 33.4 Å². The van der Waals surface area contributed by atoms with Crippen LogP contribution < -0.4 is 14.8 Å². The molecule has 0 radical (unpaired) electrons. The number of anilines is 1. The number of hydrogen-bond donors (Lipinski definition) is 1. The minimum absolute atomic E-state index is 0.00379. The molecule has 2 aromatic rings. The van der Waals surface area contributed by atoms with Crippen molar-refractivity contribution in [3.05, 3.63) is 52.0 Å². The number of rotatable bonds is 5. The number of carbonyl (C=O) groups excluding carboxylic acids is 2. The number of ether oxygens (including phenoxy) is 2. The number of carbonyl (C=O) groups is 2. The SMILES string of the molecule is COc1cc(OC)cc(C(=O)N2CCC(C(=O)Nc3ccc(C)c(Br)c3)CC2)c1. The number of nitrogens with one attached hydrogen (secondary N) is 1. The lowest BCUT2D eigenvalue weighted by Gasteiger charge is -2.31. The van der Waals surface area contributed by atoms with Gasteiger partial charge >= 0.3 is 0 Å². The number of amides is 2. The molecule has 6 nitrogen and oxygen atoms in total. The molecule has 0 atom stereocenters. The first-order valence-electron chi connectivity index (χ1n) is 9.50. The van der Waals surface area contributed by atoms with Crippen LogP contribution in [0.2, 0.25) is 0 Å². The lowest BCUT2D eigenvalue weighted by molar-refractivity contribution is -0.121. The third-order valence-electron chi connectivity index (χ3n) is 5.19. The number of benzene rings is 2. The van der Waals surface area contributed by atoms with Gasteiger partial charge in [-0.1, -0.05) is 22.0 Å². The van der Waals surface area contributed by atoms with Crippen LogP contribution in [0.1, 0.15) is 28.8 Å². The highest BCUT2D eigenvalue weighted by Crippen LogP contribution is 2.26. The van der Waals surface area contributed by atoms with E-state index in [2.05, 4.69) is 21.2 Å². The van der Waals surface area contributed by atoms with E-state index < -0.39 is 0 Å². The number of methoxy groups -OCH3 is 2. The first kappa shape index (κ1) is 21.2. The molecule has 7 heteroatoms. The number of hydrogen-bond acceptors (Lipinski definition) is 4. The zero-order chi connectivity index (χ0) is 21.0. The van der Waals surface area contributed by atoms with Gasteiger partial charge < -0.3 is 19.7 Å². The molecule has 3 rings (SSSR count). The maximum Gasteiger partial charge on any atom is 0.254 e. The predicted molar refractivity (Wildman–Crippen MR) is 116 cm³/mol. The van der Waals surface area contributed by atoms with E-state index in [1.165, 1.54) is 0 Å². The van der Waals surface area contributed by atoms with Crippen LogP contribution in [0.4, 0.5) is 5.69 Å². The van der Waals surface area contributed by atoms with Crippen molar-refractivity contribution in [1.29, 1.82) is 0 Å². The van der Waals surface area contributed by atoms with Crippen molar-refractivity contribution in [3.63, 3.8) is 0 Å². The molecule has 0 unspecified atom stereocenters. The van der Waals surface area contributed by atoms with Gasteiger partial charge in [0.15, 0.2) is 0 Å². The van der Waals surface area contributed by atoms with Crippen LogP contribution in [0.25, 0.3) is 0 Å². The fourth-order valence-electron chi connectivity index (χ4n) is 3.37. The minimum Gasteiger partial charge on any atom is -0.497 e. The first-order chi connectivity index (χ1) is 13.9. The highest BCUT2D eigenvalue weighted by molar-refractivity contribution is 9.10. The lowest BCUT2D eigenvalue weighted by Crippen LogP contribution is -2.41. The van der Waals surface area contributed by atoms with E-state index in [0.29, 0.717) is 43.0 Å². The summed E-state index contributed by atoms with van der Waals surface area (Å²) in [4.78, 5) is 27.3. The Morgan fingerprint density at radius 3 is 2.21 bits per heavy atom. The van der Waals surface area contributed by atoms with Crippen molar-refractivity contribution in [2.45, 2.75) is 19.8 Å². The van der Waals surface area contributed by atoms with E-state index in [4.69, 9.17) is 9.47 Å². The minimum atomic E-state index is -0.112. The second-order valence-electron chi connectivity index (χ2n) is 7.12. The van der Waals surface area contributed by atoms with Crippen molar-refractivity contribution in [1.82, 2.24) is 4.90 Å². The van der Waals surface area contributed by atoms with Crippen LogP contribution in [0.3, 0.4) is 0 Å². The average Bonchev–Trinajstić information content (AvgIpc) is 2.75. The second kappa shape index (κ2) is 9.31. The van der Waals surface area contributed by atoms with Gasteiger partial charge in [0.2, 0.25) is 5.91 Å². The number of piperidine rings is 1. The highest BCUT2D eigenvalue weighted by atomic mass is 79.9. The van der Waals surface area contributed by atoms with E-state index in [-0.39, 0.29) is 17.7 Å². The van der Waals surface area contributed by atoms with E-state index in [1.807, 2.05) is 25.1 Å². The van der Waals surface area contributed by atoms with Gasteiger partial charge in [0.1, 0.15) is 11.5 Å². The number of likely N-dealkylation sites (tertiary alicyclic amines) is 1. The van der Waals surface area contributed by atoms with Crippen molar-refractivity contribution in [2.75, 3.05) is 32.6 Å². The zero-order valence-corrected chi connectivity index (χ0v) is 18.4. The molecule has 1 aliphatic rings. The summed E-state index contributed by atoms with van der Waals surface area (Å²) in [6.45, 7) is 3.07. The molecular weight excluding hydrogens is 436 g/mol. The van der Waals surface area contributed by atoms with Gasteiger partial charge in [-0.3, -0.25) is 9.59 Å². The predicted octanol–water partition coefficient (Wildman–Crippen LogP) is 4.27. The van der Waals surface area contributed by atoms with Crippen molar-refractivity contribution in [2.24, 2.45) is 5.92 Å². The molecule has 0 spiro atoms. The molecule has 154 valence electrons. The van der Waals surface area contributed by atoms with E-state index >= 15 is 0 Å². The summed E-state index contributed by atoms with van der Waals surface area (Å²) in [6, 6.07) is 10.9. The van der Waals surface area contributed by atoms with E-state index in [0.717, 1.165) is 15.7 Å². The number of aryl methyl sites for hydroxylation is 1. The quantitative estimate of drug-likeness (QED) is 0.723. The summed E-state index contributed by atoms with van der Waals surface area (Å²) in [7, 11) is 3.11. The molecule has 2 aromatic carbocycles. The van der Waals surface area contributed by atoms with Gasteiger partial charge in [0.25, 0.3) is 5.91 Å². The maximum absolute atomic E-state index is 12.9. The van der Waals surface area contributed by atoms with Crippen LogP contribution in [0.15, 0.2) is 40.9 Å².